The molecule has 106 valence electrons. The molecule has 0 aliphatic carbocycles. The minimum atomic E-state index is 0.520. The summed E-state index contributed by atoms with van der Waals surface area (Å²) in [6, 6.07) is 10.9. The van der Waals surface area contributed by atoms with Crippen LogP contribution in [0.15, 0.2) is 45.3 Å². The van der Waals surface area contributed by atoms with Crippen LogP contribution in [0.1, 0.15) is 0 Å². The molecule has 2 aromatic carbocycles. The Morgan fingerprint density at radius 3 is 2.71 bits per heavy atom. The molecule has 0 aliphatic heterocycles. The van der Waals surface area contributed by atoms with Crippen LogP contribution >= 0.6 is 43.5 Å². The van der Waals surface area contributed by atoms with E-state index in [-0.39, 0.29) is 0 Å². The van der Waals surface area contributed by atoms with Gasteiger partial charge in [0.25, 0.3) is 0 Å². The van der Waals surface area contributed by atoms with Crippen molar-refractivity contribution in [2.24, 2.45) is 0 Å². The maximum atomic E-state index is 6.23. The molecule has 3 aromatic rings. The topological polar surface area (TPSA) is 69.6 Å². The second kappa shape index (κ2) is 5.75. The molecule has 5 nitrogen and oxygen atoms in total. The molecule has 0 atom stereocenters. The van der Waals surface area contributed by atoms with Crippen LogP contribution in [0.3, 0.4) is 0 Å². The van der Waals surface area contributed by atoms with Crippen molar-refractivity contribution in [1.82, 2.24) is 20.2 Å². The van der Waals surface area contributed by atoms with Crippen molar-refractivity contribution in [3.8, 4) is 17.1 Å². The Hall–Kier alpha value is -1.44. The SMILES string of the molecule is Nc1ccc(Cl)c(-c2nnnn2-c2cc(Br)ccc2Br)c1. The highest BCUT2D eigenvalue weighted by molar-refractivity contribution is 9.11. The molecular formula is C13H8Br2ClN5. The standard InChI is InChI=1S/C13H8Br2ClN5/c14-7-1-3-10(15)12(5-7)21-13(18-19-20-21)9-6-8(17)2-4-11(9)16/h1-6H,17H2. The van der Waals surface area contributed by atoms with Gasteiger partial charge in [-0.25, -0.2) is 0 Å². The minimum absolute atomic E-state index is 0.520. The van der Waals surface area contributed by atoms with Crippen molar-refractivity contribution in [3.63, 3.8) is 0 Å². The Balaban J connectivity index is 2.22. The summed E-state index contributed by atoms with van der Waals surface area (Å²) in [5.74, 6) is 0.520. The van der Waals surface area contributed by atoms with E-state index in [1.165, 1.54) is 0 Å². The molecule has 0 saturated carbocycles. The summed E-state index contributed by atoms with van der Waals surface area (Å²) >= 11 is 13.2. The van der Waals surface area contributed by atoms with Gasteiger partial charge in [-0.1, -0.05) is 27.5 Å². The lowest BCUT2D eigenvalue weighted by atomic mass is 10.2. The molecule has 8 heteroatoms. The van der Waals surface area contributed by atoms with Gasteiger partial charge in [0.05, 0.1) is 10.7 Å². The van der Waals surface area contributed by atoms with Crippen molar-refractivity contribution in [1.29, 1.82) is 0 Å². The zero-order valence-electron chi connectivity index (χ0n) is 10.5. The van der Waals surface area contributed by atoms with Gasteiger partial charge in [-0.2, -0.15) is 4.68 Å². The second-order valence-electron chi connectivity index (χ2n) is 4.25. The summed E-state index contributed by atoms with van der Waals surface area (Å²) in [4.78, 5) is 0. The second-order valence-corrected chi connectivity index (χ2v) is 6.43. The molecule has 2 N–H and O–H groups in total. The van der Waals surface area contributed by atoms with Crippen molar-refractivity contribution >= 4 is 49.1 Å². The van der Waals surface area contributed by atoms with Crippen molar-refractivity contribution < 1.29 is 0 Å². The third-order valence-electron chi connectivity index (χ3n) is 2.84. The Morgan fingerprint density at radius 1 is 1.10 bits per heavy atom. The van der Waals surface area contributed by atoms with Crippen LogP contribution in [0.25, 0.3) is 17.1 Å². The van der Waals surface area contributed by atoms with Gasteiger partial charge in [-0.05, 0) is 62.8 Å². The Morgan fingerprint density at radius 2 is 1.90 bits per heavy atom. The third-order valence-corrected chi connectivity index (χ3v) is 4.33. The lowest BCUT2D eigenvalue weighted by molar-refractivity contribution is 0.788. The summed E-state index contributed by atoms with van der Waals surface area (Å²) < 4.78 is 3.38. The Kier molecular flexibility index (Phi) is 3.97. The first-order valence-corrected chi connectivity index (χ1v) is 7.82. The van der Waals surface area contributed by atoms with Gasteiger partial charge in [0, 0.05) is 20.2 Å². The number of halogens is 3. The molecule has 3 rings (SSSR count). The monoisotopic (exact) mass is 427 g/mol. The van der Waals surface area contributed by atoms with Crippen LogP contribution in [0.4, 0.5) is 5.69 Å². The Labute approximate surface area is 142 Å². The van der Waals surface area contributed by atoms with E-state index in [0.29, 0.717) is 22.1 Å². The Bertz CT molecular complexity index is 752. The van der Waals surface area contributed by atoms with Gasteiger partial charge in [-0.15, -0.1) is 5.10 Å². The van der Waals surface area contributed by atoms with E-state index < -0.39 is 0 Å². The van der Waals surface area contributed by atoms with Crippen LogP contribution in [0.2, 0.25) is 5.02 Å². The van der Waals surface area contributed by atoms with E-state index in [9.17, 15) is 0 Å². The number of nitrogen functional groups attached to an aromatic ring is 1. The summed E-state index contributed by atoms with van der Waals surface area (Å²) in [5, 5.41) is 12.4. The first-order valence-electron chi connectivity index (χ1n) is 5.85. The number of nitrogens with zero attached hydrogens (tertiary/aromatic N) is 4. The van der Waals surface area contributed by atoms with Gasteiger partial charge in [-0.3, -0.25) is 0 Å². The highest BCUT2D eigenvalue weighted by Gasteiger charge is 2.16. The minimum Gasteiger partial charge on any atom is -0.399 e. The molecule has 0 saturated heterocycles. The number of nitrogens with two attached hydrogens (primary N) is 1. The van der Waals surface area contributed by atoms with Gasteiger partial charge >= 0.3 is 0 Å². The van der Waals surface area contributed by atoms with Gasteiger partial charge in [0.2, 0.25) is 0 Å². The fraction of sp³-hybridized carbons (Fsp3) is 0. The third kappa shape index (κ3) is 2.81. The average molecular weight is 430 g/mol. The fourth-order valence-electron chi connectivity index (χ4n) is 1.88. The zero-order valence-corrected chi connectivity index (χ0v) is 14.4. The quantitative estimate of drug-likeness (QED) is 0.623. The highest BCUT2D eigenvalue weighted by atomic mass is 79.9. The number of aromatic nitrogens is 4. The van der Waals surface area contributed by atoms with Crippen molar-refractivity contribution in [2.75, 3.05) is 5.73 Å². The van der Waals surface area contributed by atoms with Gasteiger partial charge in [0.1, 0.15) is 0 Å². The molecule has 0 bridgehead atoms. The van der Waals surface area contributed by atoms with Crippen LogP contribution in [0.5, 0.6) is 0 Å². The van der Waals surface area contributed by atoms with E-state index in [1.54, 1.807) is 22.9 Å². The van der Waals surface area contributed by atoms with Crippen LogP contribution in [0, 0.1) is 0 Å². The van der Waals surface area contributed by atoms with Crippen LogP contribution in [-0.2, 0) is 0 Å². The smallest absolute Gasteiger partial charge is 0.188 e. The highest BCUT2D eigenvalue weighted by Crippen LogP contribution is 2.32. The summed E-state index contributed by atoms with van der Waals surface area (Å²) in [7, 11) is 0. The maximum Gasteiger partial charge on any atom is 0.188 e. The van der Waals surface area contributed by atoms with Gasteiger partial charge < -0.3 is 5.73 Å². The van der Waals surface area contributed by atoms with Crippen molar-refractivity contribution in [2.45, 2.75) is 0 Å². The van der Waals surface area contributed by atoms with Crippen molar-refractivity contribution in [3.05, 3.63) is 50.4 Å². The van der Waals surface area contributed by atoms with E-state index in [2.05, 4.69) is 47.4 Å². The predicted octanol–water partition coefficient (Wildman–Crippen LogP) is 4.09. The number of hydrogen-bond acceptors (Lipinski definition) is 4. The van der Waals surface area contributed by atoms with E-state index in [1.807, 2.05) is 18.2 Å². The van der Waals surface area contributed by atoms with E-state index in [4.69, 9.17) is 17.3 Å². The maximum absolute atomic E-state index is 6.23. The van der Waals surface area contributed by atoms with Crippen LogP contribution < -0.4 is 5.73 Å². The fourth-order valence-corrected chi connectivity index (χ4v) is 2.85. The van der Waals surface area contributed by atoms with E-state index in [0.717, 1.165) is 14.6 Å². The molecular weight excluding hydrogens is 421 g/mol. The molecule has 0 aliphatic rings. The summed E-state index contributed by atoms with van der Waals surface area (Å²) in [6.45, 7) is 0. The predicted molar refractivity (Wildman–Crippen MR) is 89.4 cm³/mol. The molecule has 1 heterocycles. The molecule has 0 unspecified atom stereocenters. The van der Waals surface area contributed by atoms with E-state index >= 15 is 0 Å². The lowest BCUT2D eigenvalue weighted by Gasteiger charge is -2.09. The normalized spacial score (nSPS) is 10.8. The molecule has 21 heavy (non-hydrogen) atoms. The summed E-state index contributed by atoms with van der Waals surface area (Å²) in [5.41, 5.74) is 7.89. The molecule has 0 amide bonds. The number of benzene rings is 2. The number of rotatable bonds is 2. The average Bonchev–Trinajstić information content (AvgIpc) is 2.93. The first-order chi connectivity index (χ1) is 10.1. The molecule has 0 radical (unpaired) electrons. The van der Waals surface area contributed by atoms with Gasteiger partial charge in [0.15, 0.2) is 5.82 Å². The molecule has 0 fully saturated rings. The number of tetrazole rings is 1. The lowest BCUT2D eigenvalue weighted by Crippen LogP contribution is -2.01. The molecule has 1 aromatic heterocycles. The largest absolute Gasteiger partial charge is 0.399 e. The molecule has 0 spiro atoms. The zero-order chi connectivity index (χ0) is 15.0. The summed E-state index contributed by atoms with van der Waals surface area (Å²) in [6.07, 6.45) is 0. The number of anilines is 1. The first kappa shape index (κ1) is 14.5. The number of hydrogen-bond donors (Lipinski definition) is 1. The van der Waals surface area contributed by atoms with Crippen LogP contribution in [-0.4, -0.2) is 20.2 Å².